The number of rotatable bonds is 6. The maximum Gasteiger partial charge on any atom is 0.259 e. The molecule has 160 valence electrons. The lowest BCUT2D eigenvalue weighted by atomic mass is 9.89. The Kier molecular flexibility index (Phi) is 5.84. The van der Waals surface area contributed by atoms with Crippen LogP contribution in [0, 0.1) is 5.92 Å². The van der Waals surface area contributed by atoms with Crippen molar-refractivity contribution in [1.29, 1.82) is 0 Å². The second-order valence-electron chi connectivity index (χ2n) is 8.25. The number of hydrogen-bond acceptors (Lipinski definition) is 6. The van der Waals surface area contributed by atoms with Gasteiger partial charge in [-0.05, 0) is 50.8 Å². The molecule has 1 aliphatic carbocycles. The van der Waals surface area contributed by atoms with Crippen LogP contribution in [0.3, 0.4) is 0 Å². The third-order valence-electron chi connectivity index (χ3n) is 6.15. The quantitative estimate of drug-likeness (QED) is 0.635. The summed E-state index contributed by atoms with van der Waals surface area (Å²) in [6, 6.07) is 5.78. The number of fused-ring (bicyclic) bond motifs is 3. The number of aromatic amines is 1. The molecular weight excluding hydrogens is 398 g/mol. The third kappa shape index (κ3) is 3.84. The summed E-state index contributed by atoms with van der Waals surface area (Å²) in [7, 11) is 5.33. The van der Waals surface area contributed by atoms with Gasteiger partial charge in [0.1, 0.15) is 22.2 Å². The zero-order chi connectivity index (χ0) is 21.4. The van der Waals surface area contributed by atoms with E-state index in [0.717, 1.165) is 46.5 Å². The second-order valence-corrected chi connectivity index (χ2v) is 9.34. The van der Waals surface area contributed by atoms with Gasteiger partial charge in [0.25, 0.3) is 5.56 Å². The normalized spacial score (nSPS) is 17.2. The van der Waals surface area contributed by atoms with Gasteiger partial charge >= 0.3 is 0 Å². The number of ether oxygens (including phenoxy) is 2. The van der Waals surface area contributed by atoms with Gasteiger partial charge in [0.15, 0.2) is 0 Å². The van der Waals surface area contributed by atoms with Gasteiger partial charge < -0.3 is 14.5 Å². The molecule has 0 bridgehead atoms. The van der Waals surface area contributed by atoms with Gasteiger partial charge in [0.2, 0.25) is 0 Å². The fourth-order valence-electron chi connectivity index (χ4n) is 4.16. The van der Waals surface area contributed by atoms with Crippen LogP contribution >= 0.6 is 11.3 Å². The lowest BCUT2D eigenvalue weighted by molar-refractivity contribution is 0.240. The Bertz CT molecular complexity index is 1120. The maximum absolute atomic E-state index is 12.9. The highest BCUT2D eigenvalue weighted by atomic mass is 32.1. The average Bonchev–Trinajstić information content (AvgIpc) is 3.11. The van der Waals surface area contributed by atoms with Crippen LogP contribution in [-0.4, -0.2) is 36.1 Å². The number of aryl methyl sites for hydroxylation is 1. The molecule has 0 saturated carbocycles. The van der Waals surface area contributed by atoms with Gasteiger partial charge in [0, 0.05) is 23.1 Å². The Morgan fingerprint density at radius 3 is 2.87 bits per heavy atom. The summed E-state index contributed by atoms with van der Waals surface area (Å²) >= 11 is 1.69. The van der Waals surface area contributed by atoms with E-state index in [1.165, 1.54) is 10.4 Å². The largest absolute Gasteiger partial charge is 0.497 e. The van der Waals surface area contributed by atoms with E-state index < -0.39 is 0 Å². The Hall–Kier alpha value is -2.38. The number of benzene rings is 1. The number of aromatic nitrogens is 2. The Morgan fingerprint density at radius 1 is 1.33 bits per heavy atom. The summed E-state index contributed by atoms with van der Waals surface area (Å²) in [4.78, 5) is 25.2. The summed E-state index contributed by atoms with van der Waals surface area (Å²) in [6.07, 6.45) is 3.17. The molecule has 0 unspecified atom stereocenters. The lowest BCUT2D eigenvalue weighted by Gasteiger charge is -2.25. The van der Waals surface area contributed by atoms with E-state index in [-0.39, 0.29) is 11.6 Å². The van der Waals surface area contributed by atoms with Crippen molar-refractivity contribution in [3.63, 3.8) is 0 Å². The fraction of sp³-hybridized carbons (Fsp3) is 0.478. The molecule has 1 N–H and O–H groups in total. The van der Waals surface area contributed by atoms with E-state index >= 15 is 0 Å². The van der Waals surface area contributed by atoms with Crippen molar-refractivity contribution in [3.05, 3.63) is 50.4 Å². The summed E-state index contributed by atoms with van der Waals surface area (Å²) in [6.45, 7) is 5.01. The molecule has 6 nitrogen and oxygen atoms in total. The van der Waals surface area contributed by atoms with Gasteiger partial charge in [-0.15, -0.1) is 11.3 Å². The van der Waals surface area contributed by atoms with Crippen molar-refractivity contribution in [3.8, 4) is 11.5 Å². The summed E-state index contributed by atoms with van der Waals surface area (Å²) < 4.78 is 10.8. The molecule has 2 aromatic heterocycles. The molecule has 0 spiro atoms. The van der Waals surface area contributed by atoms with Crippen LogP contribution in [0.25, 0.3) is 10.2 Å². The summed E-state index contributed by atoms with van der Waals surface area (Å²) in [5, 5.41) is 0.803. The van der Waals surface area contributed by atoms with Crippen molar-refractivity contribution in [2.24, 2.45) is 5.92 Å². The molecule has 4 rings (SSSR count). The molecule has 2 heterocycles. The van der Waals surface area contributed by atoms with Crippen molar-refractivity contribution in [1.82, 2.24) is 14.9 Å². The molecule has 0 saturated heterocycles. The number of thiophene rings is 1. The molecule has 0 aliphatic heterocycles. The van der Waals surface area contributed by atoms with E-state index in [9.17, 15) is 4.79 Å². The first-order chi connectivity index (χ1) is 14.4. The van der Waals surface area contributed by atoms with Gasteiger partial charge in [-0.1, -0.05) is 13.0 Å². The van der Waals surface area contributed by atoms with Crippen molar-refractivity contribution >= 4 is 21.6 Å². The minimum Gasteiger partial charge on any atom is -0.497 e. The van der Waals surface area contributed by atoms with Crippen LogP contribution in [0.15, 0.2) is 23.0 Å². The third-order valence-corrected chi connectivity index (χ3v) is 7.30. The highest BCUT2D eigenvalue weighted by Crippen LogP contribution is 2.36. The van der Waals surface area contributed by atoms with Crippen LogP contribution in [0.1, 0.15) is 48.1 Å². The number of nitrogens with zero attached hydrogens (tertiary/aromatic N) is 2. The van der Waals surface area contributed by atoms with Crippen LogP contribution in [0.4, 0.5) is 0 Å². The molecule has 0 fully saturated rings. The fourth-order valence-corrected chi connectivity index (χ4v) is 5.55. The molecule has 1 aromatic carbocycles. The molecule has 7 heteroatoms. The van der Waals surface area contributed by atoms with E-state index in [1.54, 1.807) is 25.6 Å². The topological polar surface area (TPSA) is 67.5 Å². The van der Waals surface area contributed by atoms with Gasteiger partial charge in [-0.3, -0.25) is 9.69 Å². The van der Waals surface area contributed by atoms with Crippen LogP contribution in [0.5, 0.6) is 11.5 Å². The molecule has 1 aliphatic rings. The smallest absolute Gasteiger partial charge is 0.259 e. The second kappa shape index (κ2) is 8.40. The molecular formula is C23H29N3O3S. The average molecular weight is 428 g/mol. The predicted octanol–water partition coefficient (Wildman–Crippen LogP) is 4.32. The van der Waals surface area contributed by atoms with E-state index in [0.29, 0.717) is 18.3 Å². The number of methoxy groups -OCH3 is 2. The van der Waals surface area contributed by atoms with E-state index in [1.807, 2.05) is 25.2 Å². The van der Waals surface area contributed by atoms with E-state index in [4.69, 9.17) is 14.5 Å². The highest BCUT2D eigenvalue weighted by molar-refractivity contribution is 7.18. The monoisotopic (exact) mass is 427 g/mol. The minimum atomic E-state index is -0.0491. The van der Waals surface area contributed by atoms with Gasteiger partial charge in [-0.2, -0.15) is 0 Å². The first-order valence-electron chi connectivity index (χ1n) is 10.4. The molecule has 3 aromatic rings. The van der Waals surface area contributed by atoms with Crippen LogP contribution in [-0.2, 0) is 19.4 Å². The predicted molar refractivity (Wildman–Crippen MR) is 121 cm³/mol. The Labute approximate surface area is 180 Å². The minimum absolute atomic E-state index is 0.00988. The van der Waals surface area contributed by atoms with Crippen LogP contribution in [0.2, 0.25) is 0 Å². The first kappa shape index (κ1) is 20.9. The molecule has 0 amide bonds. The van der Waals surface area contributed by atoms with Crippen molar-refractivity contribution in [2.45, 2.75) is 45.7 Å². The Balaban J connectivity index is 1.61. The number of nitrogens with one attached hydrogen (secondary N) is 1. The number of hydrogen-bond donors (Lipinski definition) is 1. The molecule has 2 atom stereocenters. The number of H-pyrrole nitrogens is 1. The standard InChI is InChI=1S/C23H29N3O3S/c1-13-6-9-17-19(10-13)30-23-20(17)22(27)24-21(25-23)14(2)26(3)12-15-7-8-16(28-4)11-18(15)29-5/h7-8,11,13-14H,6,9-10,12H2,1-5H3,(H,24,25,27)/t13-,14+/m0/s1. The van der Waals surface area contributed by atoms with Gasteiger partial charge in [0.05, 0.1) is 25.6 Å². The first-order valence-corrected chi connectivity index (χ1v) is 11.2. The Morgan fingerprint density at radius 2 is 2.13 bits per heavy atom. The maximum atomic E-state index is 12.9. The SMILES string of the molecule is COc1ccc(CN(C)[C@H](C)c2nc3sc4c(c3c(=O)[nH]2)CC[C@H](C)C4)c(OC)c1. The zero-order valence-electron chi connectivity index (χ0n) is 18.2. The summed E-state index contributed by atoms with van der Waals surface area (Å²) in [5.41, 5.74) is 2.26. The van der Waals surface area contributed by atoms with Crippen molar-refractivity contribution in [2.75, 3.05) is 21.3 Å². The van der Waals surface area contributed by atoms with Crippen LogP contribution < -0.4 is 15.0 Å². The molecule has 30 heavy (non-hydrogen) atoms. The van der Waals surface area contributed by atoms with Crippen molar-refractivity contribution < 1.29 is 9.47 Å². The van der Waals surface area contributed by atoms with E-state index in [2.05, 4.69) is 23.7 Å². The lowest BCUT2D eigenvalue weighted by Crippen LogP contribution is -2.26. The molecule has 0 radical (unpaired) electrons. The van der Waals surface area contributed by atoms with Gasteiger partial charge in [-0.25, -0.2) is 4.98 Å². The zero-order valence-corrected chi connectivity index (χ0v) is 19.1. The highest BCUT2D eigenvalue weighted by Gasteiger charge is 2.24. The summed E-state index contributed by atoms with van der Waals surface area (Å²) in [5.74, 6) is 2.92.